The zero-order valence-corrected chi connectivity index (χ0v) is 12.9. The van der Waals surface area contributed by atoms with Crippen LogP contribution in [0.5, 0.6) is 0 Å². The molecule has 0 saturated heterocycles. The smallest absolute Gasteiger partial charge is 0.352 e. The van der Waals surface area contributed by atoms with E-state index in [1.165, 1.54) is 4.57 Å². The molecular formula is C11H5ClIN3O2S. The van der Waals surface area contributed by atoms with Crippen molar-refractivity contribution in [1.29, 1.82) is 0 Å². The first-order valence-corrected chi connectivity index (χ1v) is 7.29. The second kappa shape index (κ2) is 4.73. The molecule has 0 unspecified atom stereocenters. The molecule has 2 heterocycles. The van der Waals surface area contributed by atoms with Crippen molar-refractivity contribution in [3.8, 4) is 5.69 Å². The van der Waals surface area contributed by atoms with Crippen LogP contribution in [0.3, 0.4) is 0 Å². The third-order valence-corrected chi connectivity index (χ3v) is 4.04. The van der Waals surface area contributed by atoms with Gasteiger partial charge in [-0.15, -0.1) is 0 Å². The minimum Gasteiger partial charge on any atom is -0.477 e. The van der Waals surface area contributed by atoms with E-state index >= 15 is 0 Å². The standard InChI is InChI=1S/C11H5ClIN3O2S/c12-6-1-2-7-9(15-19-14-7)10(6)16-4-5(13)3-8(16)11(17)18/h1-4H,(H,17,18). The molecule has 0 radical (unpaired) electrons. The van der Waals surface area contributed by atoms with Crippen molar-refractivity contribution in [3.63, 3.8) is 0 Å². The van der Waals surface area contributed by atoms with Crippen LogP contribution >= 0.6 is 45.9 Å². The van der Waals surface area contributed by atoms with E-state index in [0.29, 0.717) is 21.7 Å². The van der Waals surface area contributed by atoms with Crippen LogP contribution < -0.4 is 0 Å². The molecule has 0 aliphatic heterocycles. The van der Waals surface area contributed by atoms with Crippen LogP contribution in [-0.2, 0) is 0 Å². The molecule has 0 saturated carbocycles. The molecule has 0 bridgehead atoms. The molecule has 96 valence electrons. The predicted molar refractivity (Wildman–Crippen MR) is 81.4 cm³/mol. The number of carboxylic acid groups (broad SMARTS) is 1. The van der Waals surface area contributed by atoms with Gasteiger partial charge in [0.2, 0.25) is 0 Å². The lowest BCUT2D eigenvalue weighted by Gasteiger charge is -2.08. The average Bonchev–Trinajstić information content (AvgIpc) is 2.95. The lowest BCUT2D eigenvalue weighted by atomic mass is 10.2. The zero-order chi connectivity index (χ0) is 13.6. The Morgan fingerprint density at radius 1 is 1.42 bits per heavy atom. The third kappa shape index (κ3) is 2.11. The summed E-state index contributed by atoms with van der Waals surface area (Å²) >= 11 is 9.33. The largest absolute Gasteiger partial charge is 0.477 e. The van der Waals surface area contributed by atoms with E-state index in [4.69, 9.17) is 11.6 Å². The normalized spacial score (nSPS) is 11.1. The molecule has 0 aliphatic carbocycles. The van der Waals surface area contributed by atoms with E-state index in [0.717, 1.165) is 15.3 Å². The number of hydrogen-bond donors (Lipinski definition) is 1. The summed E-state index contributed by atoms with van der Waals surface area (Å²) in [7, 11) is 0. The molecule has 3 aromatic rings. The fraction of sp³-hybridized carbons (Fsp3) is 0. The number of aromatic carboxylic acids is 1. The van der Waals surface area contributed by atoms with Crippen LogP contribution in [0.1, 0.15) is 10.5 Å². The zero-order valence-electron chi connectivity index (χ0n) is 9.17. The molecule has 1 N–H and O–H groups in total. The number of aromatic nitrogens is 3. The molecule has 8 heteroatoms. The van der Waals surface area contributed by atoms with Crippen LogP contribution in [-0.4, -0.2) is 24.4 Å². The molecule has 0 spiro atoms. The first-order valence-electron chi connectivity index (χ1n) is 5.10. The van der Waals surface area contributed by atoms with Crippen molar-refractivity contribution < 1.29 is 9.90 Å². The lowest BCUT2D eigenvalue weighted by molar-refractivity contribution is 0.0688. The van der Waals surface area contributed by atoms with Crippen LogP contribution in [0.25, 0.3) is 16.7 Å². The fourth-order valence-electron chi connectivity index (χ4n) is 1.82. The minimum absolute atomic E-state index is 0.145. The summed E-state index contributed by atoms with van der Waals surface area (Å²) in [6, 6.07) is 5.04. The minimum atomic E-state index is -1.01. The monoisotopic (exact) mass is 405 g/mol. The van der Waals surface area contributed by atoms with Gasteiger partial charge in [-0.25, -0.2) is 4.79 Å². The summed E-state index contributed by atoms with van der Waals surface area (Å²) in [4.78, 5) is 11.3. The van der Waals surface area contributed by atoms with E-state index in [1.54, 1.807) is 24.4 Å². The molecule has 0 fully saturated rings. The van der Waals surface area contributed by atoms with Gasteiger partial charge < -0.3 is 9.67 Å². The number of carbonyl (C=O) groups is 1. The Hall–Kier alpha value is -1.19. The quantitative estimate of drug-likeness (QED) is 0.663. The van der Waals surface area contributed by atoms with Crippen LogP contribution in [0.4, 0.5) is 0 Å². The van der Waals surface area contributed by atoms with Gasteiger partial charge in [-0.3, -0.25) is 0 Å². The number of halogens is 2. The summed E-state index contributed by atoms with van der Waals surface area (Å²) in [6.07, 6.45) is 1.71. The Labute approximate surface area is 130 Å². The van der Waals surface area contributed by atoms with Gasteiger partial charge in [-0.2, -0.15) is 8.75 Å². The first kappa shape index (κ1) is 12.8. The Balaban J connectivity index is 2.38. The van der Waals surface area contributed by atoms with E-state index in [9.17, 15) is 9.90 Å². The van der Waals surface area contributed by atoms with Gasteiger partial charge in [-0.1, -0.05) is 11.6 Å². The van der Waals surface area contributed by atoms with Gasteiger partial charge in [0.25, 0.3) is 0 Å². The fourth-order valence-corrected chi connectivity index (χ4v) is 3.18. The summed E-state index contributed by atoms with van der Waals surface area (Å²) in [6.45, 7) is 0. The van der Waals surface area contributed by atoms with E-state index in [1.807, 2.05) is 0 Å². The molecule has 2 aromatic heterocycles. The van der Waals surface area contributed by atoms with Gasteiger partial charge in [0, 0.05) is 9.77 Å². The number of hydrogen-bond acceptors (Lipinski definition) is 4. The van der Waals surface area contributed by atoms with Crippen molar-refractivity contribution in [3.05, 3.63) is 38.7 Å². The number of rotatable bonds is 2. The van der Waals surface area contributed by atoms with Crippen molar-refractivity contribution in [1.82, 2.24) is 13.3 Å². The number of fused-ring (bicyclic) bond motifs is 1. The molecular weight excluding hydrogens is 401 g/mol. The molecule has 3 rings (SSSR count). The molecule has 5 nitrogen and oxygen atoms in total. The third-order valence-electron chi connectivity index (χ3n) is 2.60. The van der Waals surface area contributed by atoms with E-state index in [-0.39, 0.29) is 5.69 Å². The van der Waals surface area contributed by atoms with E-state index < -0.39 is 5.97 Å². The molecule has 0 aliphatic rings. The van der Waals surface area contributed by atoms with Crippen LogP contribution in [0.2, 0.25) is 5.02 Å². The molecule has 1 aromatic carbocycles. The predicted octanol–water partition coefficient (Wildman–Crippen LogP) is 3.44. The molecule has 0 amide bonds. The summed E-state index contributed by atoms with van der Waals surface area (Å²) in [5.41, 5.74) is 2.00. The van der Waals surface area contributed by atoms with Gasteiger partial charge in [0.05, 0.1) is 22.4 Å². The Kier molecular flexibility index (Phi) is 3.19. The van der Waals surface area contributed by atoms with Crippen molar-refractivity contribution in [2.24, 2.45) is 0 Å². The van der Waals surface area contributed by atoms with E-state index in [2.05, 4.69) is 31.3 Å². The first-order chi connectivity index (χ1) is 9.08. The maximum Gasteiger partial charge on any atom is 0.352 e. The lowest BCUT2D eigenvalue weighted by Crippen LogP contribution is -2.06. The number of benzene rings is 1. The summed E-state index contributed by atoms with van der Waals surface area (Å²) in [5, 5.41) is 9.69. The molecule has 0 atom stereocenters. The second-order valence-electron chi connectivity index (χ2n) is 3.75. The SMILES string of the molecule is O=C(O)c1cc(I)cn1-c1c(Cl)ccc2nsnc12. The van der Waals surface area contributed by atoms with Crippen LogP contribution in [0.15, 0.2) is 24.4 Å². The molecule has 19 heavy (non-hydrogen) atoms. The maximum atomic E-state index is 11.3. The second-order valence-corrected chi connectivity index (χ2v) is 5.93. The van der Waals surface area contributed by atoms with Crippen molar-refractivity contribution >= 4 is 62.9 Å². The topological polar surface area (TPSA) is 68.0 Å². The van der Waals surface area contributed by atoms with Gasteiger partial charge >= 0.3 is 5.97 Å². The Bertz CT molecular complexity index is 798. The van der Waals surface area contributed by atoms with Gasteiger partial charge in [0.1, 0.15) is 16.7 Å². The number of carboxylic acids is 1. The highest BCUT2D eigenvalue weighted by atomic mass is 127. The Morgan fingerprint density at radius 3 is 2.95 bits per heavy atom. The van der Waals surface area contributed by atoms with Gasteiger partial charge in [-0.05, 0) is 40.8 Å². The summed E-state index contributed by atoms with van der Waals surface area (Å²) < 4.78 is 10.7. The Morgan fingerprint density at radius 2 is 2.21 bits per heavy atom. The van der Waals surface area contributed by atoms with Gasteiger partial charge in [0.15, 0.2) is 0 Å². The summed E-state index contributed by atoms with van der Waals surface area (Å²) in [5.74, 6) is -1.01. The highest BCUT2D eigenvalue weighted by molar-refractivity contribution is 14.1. The van der Waals surface area contributed by atoms with Crippen LogP contribution in [0, 0.1) is 3.57 Å². The highest BCUT2D eigenvalue weighted by Gasteiger charge is 2.18. The average molecular weight is 406 g/mol. The highest BCUT2D eigenvalue weighted by Crippen LogP contribution is 2.30. The van der Waals surface area contributed by atoms with Crippen molar-refractivity contribution in [2.75, 3.05) is 0 Å². The number of nitrogens with zero attached hydrogens (tertiary/aromatic N) is 3. The van der Waals surface area contributed by atoms with Crippen molar-refractivity contribution in [2.45, 2.75) is 0 Å². The maximum absolute atomic E-state index is 11.3.